The summed E-state index contributed by atoms with van der Waals surface area (Å²) in [5.41, 5.74) is 1.32. The maximum absolute atomic E-state index is 10.8. The summed E-state index contributed by atoms with van der Waals surface area (Å²) in [5.74, 6) is -0.916. The van der Waals surface area contributed by atoms with E-state index >= 15 is 0 Å². The van der Waals surface area contributed by atoms with Crippen LogP contribution in [0.5, 0.6) is 0 Å². The van der Waals surface area contributed by atoms with Gasteiger partial charge in [0.2, 0.25) is 0 Å². The zero-order chi connectivity index (χ0) is 13.5. The van der Waals surface area contributed by atoms with E-state index in [0.29, 0.717) is 13.2 Å². The summed E-state index contributed by atoms with van der Waals surface area (Å²) in [4.78, 5) is 10.8. The molecule has 0 aliphatic rings. The molecule has 100 valence electrons. The van der Waals surface area contributed by atoms with Gasteiger partial charge in [0, 0.05) is 17.6 Å². The molecule has 2 N–H and O–H groups in total. The SMILES string of the molecule is CC(C)OCCNCc1ccc(C(=O)O)cc1Br. The van der Waals surface area contributed by atoms with Crippen LogP contribution < -0.4 is 5.32 Å². The molecular weight excluding hydrogens is 298 g/mol. The molecule has 0 aliphatic carbocycles. The van der Waals surface area contributed by atoms with E-state index in [1.54, 1.807) is 12.1 Å². The number of rotatable bonds is 7. The van der Waals surface area contributed by atoms with Gasteiger partial charge < -0.3 is 15.2 Å². The Hall–Kier alpha value is -0.910. The summed E-state index contributed by atoms with van der Waals surface area (Å²) >= 11 is 3.37. The molecule has 18 heavy (non-hydrogen) atoms. The van der Waals surface area contributed by atoms with Crippen molar-refractivity contribution in [2.75, 3.05) is 13.2 Å². The maximum atomic E-state index is 10.8. The van der Waals surface area contributed by atoms with Crippen LogP contribution in [0.2, 0.25) is 0 Å². The first-order valence-corrected chi connectivity index (χ1v) is 6.64. The molecule has 1 aromatic rings. The van der Waals surface area contributed by atoms with Crippen LogP contribution in [-0.2, 0) is 11.3 Å². The van der Waals surface area contributed by atoms with E-state index in [1.807, 2.05) is 19.9 Å². The summed E-state index contributed by atoms with van der Waals surface area (Å²) in [5, 5.41) is 12.1. The predicted octanol–water partition coefficient (Wildman–Crippen LogP) is 2.66. The lowest BCUT2D eigenvalue weighted by Crippen LogP contribution is -2.21. The van der Waals surface area contributed by atoms with Crippen molar-refractivity contribution >= 4 is 21.9 Å². The highest BCUT2D eigenvalue weighted by Gasteiger charge is 2.06. The molecule has 0 amide bonds. The lowest BCUT2D eigenvalue weighted by atomic mass is 10.1. The van der Waals surface area contributed by atoms with E-state index in [9.17, 15) is 4.79 Å². The molecule has 0 saturated heterocycles. The normalized spacial score (nSPS) is 10.9. The second-order valence-electron chi connectivity index (χ2n) is 4.21. The summed E-state index contributed by atoms with van der Waals surface area (Å²) in [6.45, 7) is 6.12. The average molecular weight is 316 g/mol. The minimum Gasteiger partial charge on any atom is -0.478 e. The van der Waals surface area contributed by atoms with E-state index in [2.05, 4.69) is 21.2 Å². The van der Waals surface area contributed by atoms with Crippen LogP contribution in [0.4, 0.5) is 0 Å². The number of benzene rings is 1. The molecule has 5 heteroatoms. The molecule has 0 aliphatic heterocycles. The van der Waals surface area contributed by atoms with Crippen LogP contribution in [0.25, 0.3) is 0 Å². The Labute approximate surface area is 115 Å². The Morgan fingerprint density at radius 2 is 2.22 bits per heavy atom. The highest BCUT2D eigenvalue weighted by molar-refractivity contribution is 9.10. The van der Waals surface area contributed by atoms with Gasteiger partial charge in [-0.05, 0) is 31.5 Å². The lowest BCUT2D eigenvalue weighted by Gasteiger charge is -2.10. The molecule has 0 aromatic heterocycles. The van der Waals surface area contributed by atoms with Crippen LogP contribution in [0, 0.1) is 0 Å². The van der Waals surface area contributed by atoms with Crippen molar-refractivity contribution in [2.24, 2.45) is 0 Å². The van der Waals surface area contributed by atoms with Gasteiger partial charge in [0.05, 0.1) is 18.3 Å². The highest BCUT2D eigenvalue weighted by Crippen LogP contribution is 2.18. The Morgan fingerprint density at radius 1 is 1.50 bits per heavy atom. The smallest absolute Gasteiger partial charge is 0.335 e. The lowest BCUT2D eigenvalue weighted by molar-refractivity contribution is 0.0696. The van der Waals surface area contributed by atoms with E-state index in [1.165, 1.54) is 0 Å². The van der Waals surface area contributed by atoms with Crippen molar-refractivity contribution in [1.29, 1.82) is 0 Å². The molecule has 1 rings (SSSR count). The van der Waals surface area contributed by atoms with Gasteiger partial charge in [-0.1, -0.05) is 22.0 Å². The first-order chi connectivity index (χ1) is 8.50. The van der Waals surface area contributed by atoms with Crippen molar-refractivity contribution in [1.82, 2.24) is 5.32 Å². The molecule has 0 saturated carbocycles. The standard InChI is InChI=1S/C13H18BrNO3/c1-9(2)18-6-5-15-8-11-4-3-10(13(16)17)7-12(11)14/h3-4,7,9,15H,5-6,8H2,1-2H3,(H,16,17). The second kappa shape index (κ2) is 7.51. The average Bonchev–Trinajstić information content (AvgIpc) is 2.29. The van der Waals surface area contributed by atoms with Crippen molar-refractivity contribution in [3.05, 3.63) is 33.8 Å². The van der Waals surface area contributed by atoms with Crippen molar-refractivity contribution in [3.63, 3.8) is 0 Å². The zero-order valence-electron chi connectivity index (χ0n) is 10.6. The maximum Gasteiger partial charge on any atom is 0.335 e. The fourth-order valence-electron chi connectivity index (χ4n) is 1.41. The van der Waals surface area contributed by atoms with Gasteiger partial charge in [-0.25, -0.2) is 4.79 Å². The number of carbonyl (C=O) groups is 1. The first kappa shape index (κ1) is 15.1. The van der Waals surface area contributed by atoms with E-state index in [0.717, 1.165) is 16.6 Å². The summed E-state index contributed by atoms with van der Waals surface area (Å²) < 4.78 is 6.21. The molecule has 0 radical (unpaired) electrons. The third kappa shape index (κ3) is 5.16. The molecule has 4 nitrogen and oxygen atoms in total. The van der Waals surface area contributed by atoms with Gasteiger partial charge in [-0.15, -0.1) is 0 Å². The monoisotopic (exact) mass is 315 g/mol. The number of nitrogens with one attached hydrogen (secondary N) is 1. The van der Waals surface area contributed by atoms with Crippen LogP contribution in [0.15, 0.2) is 22.7 Å². The van der Waals surface area contributed by atoms with Crippen molar-refractivity contribution in [3.8, 4) is 0 Å². The Kier molecular flexibility index (Phi) is 6.32. The molecule has 0 heterocycles. The Morgan fingerprint density at radius 3 is 2.78 bits per heavy atom. The van der Waals surface area contributed by atoms with Crippen molar-refractivity contribution < 1.29 is 14.6 Å². The summed E-state index contributed by atoms with van der Waals surface area (Å²) in [7, 11) is 0. The molecule has 0 unspecified atom stereocenters. The fraction of sp³-hybridized carbons (Fsp3) is 0.462. The summed E-state index contributed by atoms with van der Waals surface area (Å²) in [6, 6.07) is 5.03. The number of carboxylic acid groups (broad SMARTS) is 1. The minimum absolute atomic E-state index is 0.244. The number of hydrogen-bond donors (Lipinski definition) is 2. The second-order valence-corrected chi connectivity index (χ2v) is 5.06. The molecule has 1 aromatic carbocycles. The molecule has 0 atom stereocenters. The van der Waals surface area contributed by atoms with E-state index < -0.39 is 5.97 Å². The fourth-order valence-corrected chi connectivity index (χ4v) is 1.93. The summed E-state index contributed by atoms with van der Waals surface area (Å²) in [6.07, 6.45) is 0.244. The molecular formula is C13H18BrNO3. The highest BCUT2D eigenvalue weighted by atomic mass is 79.9. The predicted molar refractivity (Wildman–Crippen MR) is 73.9 cm³/mol. The van der Waals surface area contributed by atoms with Crippen molar-refractivity contribution in [2.45, 2.75) is 26.5 Å². The van der Waals surface area contributed by atoms with Crippen LogP contribution in [0.1, 0.15) is 29.8 Å². The third-order valence-electron chi connectivity index (χ3n) is 2.35. The van der Waals surface area contributed by atoms with Crippen LogP contribution in [0.3, 0.4) is 0 Å². The van der Waals surface area contributed by atoms with E-state index in [-0.39, 0.29) is 11.7 Å². The Bertz CT molecular complexity index is 407. The van der Waals surface area contributed by atoms with Gasteiger partial charge in [-0.3, -0.25) is 0 Å². The number of ether oxygens (including phenoxy) is 1. The van der Waals surface area contributed by atoms with E-state index in [4.69, 9.17) is 9.84 Å². The third-order valence-corrected chi connectivity index (χ3v) is 3.08. The largest absolute Gasteiger partial charge is 0.478 e. The van der Waals surface area contributed by atoms with Crippen LogP contribution in [-0.4, -0.2) is 30.3 Å². The molecule has 0 spiro atoms. The van der Waals surface area contributed by atoms with Gasteiger partial charge >= 0.3 is 5.97 Å². The number of halogens is 1. The number of aromatic carboxylic acids is 1. The number of hydrogen-bond acceptors (Lipinski definition) is 3. The molecule has 0 bridgehead atoms. The van der Waals surface area contributed by atoms with Crippen LogP contribution >= 0.6 is 15.9 Å². The van der Waals surface area contributed by atoms with Gasteiger partial charge in [0.25, 0.3) is 0 Å². The zero-order valence-corrected chi connectivity index (χ0v) is 12.2. The minimum atomic E-state index is -0.916. The Balaban J connectivity index is 2.41. The quantitative estimate of drug-likeness (QED) is 0.759. The first-order valence-electron chi connectivity index (χ1n) is 5.84. The number of carboxylic acids is 1. The molecule has 0 fully saturated rings. The topological polar surface area (TPSA) is 58.6 Å². The van der Waals surface area contributed by atoms with Gasteiger partial charge in [-0.2, -0.15) is 0 Å². The van der Waals surface area contributed by atoms with Gasteiger partial charge in [0.1, 0.15) is 0 Å². The van der Waals surface area contributed by atoms with Gasteiger partial charge in [0.15, 0.2) is 0 Å².